The number of hydrogen-bond donors (Lipinski definition) is 2. The van der Waals surface area contributed by atoms with Gasteiger partial charge in [-0.3, -0.25) is 4.98 Å². The zero-order valence-electron chi connectivity index (χ0n) is 12.7. The molecule has 0 amide bonds. The van der Waals surface area contributed by atoms with Crippen molar-refractivity contribution in [2.75, 3.05) is 0 Å². The first-order chi connectivity index (χ1) is 11.6. The Morgan fingerprint density at radius 2 is 2.08 bits per heavy atom. The van der Waals surface area contributed by atoms with Gasteiger partial charge >= 0.3 is 0 Å². The molecule has 0 aliphatic rings. The van der Waals surface area contributed by atoms with Crippen LogP contribution in [0.2, 0.25) is 5.02 Å². The highest BCUT2D eigenvalue weighted by Crippen LogP contribution is 2.37. The highest BCUT2D eigenvalue weighted by atomic mass is 35.5. The van der Waals surface area contributed by atoms with Crippen molar-refractivity contribution in [1.82, 2.24) is 15.4 Å². The molecule has 0 bridgehead atoms. The number of halogens is 1. The molecular formula is C16H14ClN3O3S. The van der Waals surface area contributed by atoms with E-state index in [2.05, 4.69) is 28.0 Å². The van der Waals surface area contributed by atoms with Gasteiger partial charge < -0.3 is 9.94 Å². The summed E-state index contributed by atoms with van der Waals surface area (Å²) in [7, 11) is 0. The minimum atomic E-state index is -0.0448. The molecule has 6 nitrogen and oxygen atoms in total. The maximum absolute atomic E-state index is 10.3. The van der Waals surface area contributed by atoms with Crippen molar-refractivity contribution < 1.29 is 14.2 Å². The van der Waals surface area contributed by atoms with Crippen LogP contribution < -0.4 is 10.3 Å². The highest BCUT2D eigenvalue weighted by Gasteiger charge is 2.13. The lowest BCUT2D eigenvalue weighted by atomic mass is 10.2. The van der Waals surface area contributed by atoms with Gasteiger partial charge in [0.05, 0.1) is 17.3 Å². The molecule has 2 aromatic heterocycles. The van der Waals surface area contributed by atoms with Crippen LogP contribution in [-0.2, 0) is 19.1 Å². The largest absolute Gasteiger partial charge is 0.503 e. The predicted molar refractivity (Wildman–Crippen MR) is 93.0 cm³/mol. The standard InChI is InChI=1S/C16H14ClN3O2.OS/c1-10-5-6-12-13(17)8-14(16(21)15(12)20-10)22-19-9-11-4-2-3-7-18-11;1-2/h2-8,19,21H,9H2,1H3;. The molecule has 3 aromatic rings. The van der Waals surface area contributed by atoms with Crippen molar-refractivity contribution in [3.05, 3.63) is 59.0 Å². The zero-order chi connectivity index (χ0) is 17.5. The van der Waals surface area contributed by atoms with Crippen molar-refractivity contribution in [3.8, 4) is 11.5 Å². The number of phenolic OH excluding ortho intramolecular Hbond substituents is 1. The van der Waals surface area contributed by atoms with E-state index in [4.69, 9.17) is 20.6 Å². The summed E-state index contributed by atoms with van der Waals surface area (Å²) in [6.45, 7) is 2.25. The van der Waals surface area contributed by atoms with Gasteiger partial charge in [0.15, 0.2) is 24.0 Å². The lowest BCUT2D eigenvalue weighted by Crippen LogP contribution is -2.18. The zero-order valence-corrected chi connectivity index (χ0v) is 14.3. The molecule has 24 heavy (non-hydrogen) atoms. The SMILES string of the molecule is Cc1ccc2c(Cl)cc(ONCc3ccccn3)c(O)c2n1.O=S. The molecule has 2 heterocycles. The summed E-state index contributed by atoms with van der Waals surface area (Å²) in [6, 6.07) is 10.8. The van der Waals surface area contributed by atoms with Crippen LogP contribution in [0.4, 0.5) is 0 Å². The first kappa shape index (κ1) is 18.0. The van der Waals surface area contributed by atoms with Crippen molar-refractivity contribution in [3.63, 3.8) is 0 Å². The number of aromatic hydroxyl groups is 1. The number of hydroxylamine groups is 1. The number of benzene rings is 1. The van der Waals surface area contributed by atoms with Crippen LogP contribution in [0.3, 0.4) is 0 Å². The number of phenols is 1. The summed E-state index contributed by atoms with van der Waals surface area (Å²) in [6.07, 6.45) is 1.70. The third-order valence-corrected chi connectivity index (χ3v) is 3.48. The van der Waals surface area contributed by atoms with Crippen molar-refractivity contribution in [1.29, 1.82) is 0 Å². The van der Waals surface area contributed by atoms with E-state index < -0.39 is 0 Å². The van der Waals surface area contributed by atoms with Crippen LogP contribution in [0.15, 0.2) is 42.6 Å². The second kappa shape index (κ2) is 8.49. The Labute approximate surface area is 148 Å². The van der Waals surface area contributed by atoms with Gasteiger partial charge in [0, 0.05) is 23.3 Å². The second-order valence-electron chi connectivity index (χ2n) is 4.80. The average Bonchev–Trinajstić information content (AvgIpc) is 2.62. The minimum absolute atomic E-state index is 0.0448. The molecule has 0 spiro atoms. The summed E-state index contributed by atoms with van der Waals surface area (Å²) in [5.74, 6) is 0.183. The van der Waals surface area contributed by atoms with Gasteiger partial charge in [0.1, 0.15) is 5.52 Å². The first-order valence-corrected chi connectivity index (χ1v) is 7.61. The maximum atomic E-state index is 10.3. The van der Waals surface area contributed by atoms with Crippen LogP contribution >= 0.6 is 11.6 Å². The number of aromatic nitrogens is 2. The molecule has 3 rings (SSSR count). The second-order valence-corrected chi connectivity index (χ2v) is 5.21. The molecule has 2 N–H and O–H groups in total. The number of rotatable bonds is 4. The molecule has 1 aromatic carbocycles. The highest BCUT2D eigenvalue weighted by molar-refractivity contribution is 7.44. The van der Waals surface area contributed by atoms with Gasteiger partial charge in [-0.1, -0.05) is 17.7 Å². The number of nitrogens with zero attached hydrogens (tertiary/aromatic N) is 2. The summed E-state index contributed by atoms with van der Waals surface area (Å²) in [4.78, 5) is 13.9. The lowest BCUT2D eigenvalue weighted by Gasteiger charge is -2.11. The van der Waals surface area contributed by atoms with Gasteiger partial charge in [0.25, 0.3) is 0 Å². The topological polar surface area (TPSA) is 84.3 Å². The molecule has 0 saturated carbocycles. The number of pyridine rings is 2. The minimum Gasteiger partial charge on any atom is -0.503 e. The van der Waals surface area contributed by atoms with Gasteiger partial charge in [-0.25, -0.2) is 4.98 Å². The van der Waals surface area contributed by atoms with Gasteiger partial charge in [-0.15, -0.1) is 0 Å². The van der Waals surface area contributed by atoms with Gasteiger partial charge in [-0.05, 0) is 31.2 Å². The molecule has 0 aliphatic carbocycles. The van der Waals surface area contributed by atoms with Crippen molar-refractivity contribution in [2.24, 2.45) is 0 Å². The molecular weight excluding hydrogens is 350 g/mol. The summed E-state index contributed by atoms with van der Waals surface area (Å²) in [5.41, 5.74) is 4.79. The fourth-order valence-electron chi connectivity index (χ4n) is 2.08. The molecule has 0 aliphatic heterocycles. The Kier molecular flexibility index (Phi) is 6.36. The van der Waals surface area contributed by atoms with Crippen LogP contribution in [0.1, 0.15) is 11.4 Å². The number of nitrogens with one attached hydrogen (secondary N) is 1. The third kappa shape index (κ3) is 4.14. The molecule has 0 atom stereocenters. The van der Waals surface area contributed by atoms with E-state index in [-0.39, 0.29) is 11.5 Å². The van der Waals surface area contributed by atoms with E-state index in [9.17, 15) is 5.11 Å². The summed E-state index contributed by atoms with van der Waals surface area (Å²) in [5, 5.41) is 11.4. The van der Waals surface area contributed by atoms with Crippen LogP contribution in [0.25, 0.3) is 10.9 Å². The smallest absolute Gasteiger partial charge is 0.197 e. The number of aryl methyl sites for hydroxylation is 1. The summed E-state index contributed by atoms with van der Waals surface area (Å²) < 4.78 is 7.83. The Bertz CT molecular complexity index is 834. The van der Waals surface area contributed by atoms with E-state index in [1.807, 2.05) is 37.3 Å². The quantitative estimate of drug-likeness (QED) is 0.689. The Morgan fingerprint density at radius 3 is 2.79 bits per heavy atom. The maximum Gasteiger partial charge on any atom is 0.197 e. The lowest BCUT2D eigenvalue weighted by molar-refractivity contribution is 0.182. The molecule has 0 fully saturated rings. The number of fused-ring (bicyclic) bond motifs is 1. The van der Waals surface area contributed by atoms with E-state index >= 15 is 0 Å². The van der Waals surface area contributed by atoms with E-state index in [0.29, 0.717) is 22.5 Å². The molecule has 0 unspecified atom stereocenters. The van der Waals surface area contributed by atoms with Crippen LogP contribution in [-0.4, -0.2) is 19.3 Å². The fourth-order valence-corrected chi connectivity index (χ4v) is 2.33. The first-order valence-electron chi connectivity index (χ1n) is 6.90. The van der Waals surface area contributed by atoms with Gasteiger partial charge in [0.2, 0.25) is 0 Å². The molecule has 8 heteroatoms. The fraction of sp³-hybridized carbons (Fsp3) is 0.125. The average molecular weight is 364 g/mol. The van der Waals surface area contributed by atoms with E-state index in [0.717, 1.165) is 11.4 Å². The van der Waals surface area contributed by atoms with Crippen molar-refractivity contribution >= 4 is 35.0 Å². The van der Waals surface area contributed by atoms with Crippen molar-refractivity contribution in [2.45, 2.75) is 13.5 Å². The van der Waals surface area contributed by atoms with E-state index in [1.165, 1.54) is 0 Å². The Morgan fingerprint density at radius 1 is 1.29 bits per heavy atom. The number of hydrogen-bond acceptors (Lipinski definition) is 7. The molecule has 0 saturated heterocycles. The molecule has 124 valence electrons. The monoisotopic (exact) mass is 363 g/mol. The Hall–Kier alpha value is -2.35. The van der Waals surface area contributed by atoms with E-state index in [1.54, 1.807) is 12.3 Å². The third-order valence-electron chi connectivity index (χ3n) is 3.17. The van der Waals surface area contributed by atoms with Crippen LogP contribution in [0.5, 0.6) is 11.5 Å². The Balaban J connectivity index is 0.00000100. The molecule has 0 radical (unpaired) electrons. The predicted octanol–water partition coefficient (Wildman–Crippen LogP) is 3.04. The van der Waals surface area contributed by atoms with Gasteiger partial charge in [-0.2, -0.15) is 9.69 Å². The summed E-state index contributed by atoms with van der Waals surface area (Å²) >= 11 is 9.04. The van der Waals surface area contributed by atoms with Crippen LogP contribution in [0, 0.1) is 6.92 Å². The normalized spacial score (nSPS) is 10.1.